The van der Waals surface area contributed by atoms with Crippen molar-refractivity contribution in [2.75, 3.05) is 18.5 Å². The van der Waals surface area contributed by atoms with Crippen molar-refractivity contribution in [2.45, 2.75) is 13.5 Å². The first-order valence-corrected chi connectivity index (χ1v) is 9.30. The smallest absolute Gasteiger partial charge is 0.302 e. The van der Waals surface area contributed by atoms with E-state index in [1.165, 1.54) is 31.0 Å². The van der Waals surface area contributed by atoms with Gasteiger partial charge in [-0.2, -0.15) is 0 Å². The molecule has 150 valence electrons. The van der Waals surface area contributed by atoms with Crippen LogP contribution in [-0.4, -0.2) is 42.2 Å². The summed E-state index contributed by atoms with van der Waals surface area (Å²) in [5.41, 5.74) is 1.18. The molecule has 3 rings (SSSR count). The summed E-state index contributed by atoms with van der Waals surface area (Å²) in [6.07, 6.45) is 0. The molecule has 2 aromatic rings. The van der Waals surface area contributed by atoms with E-state index in [1.54, 1.807) is 24.3 Å². The number of hydrogen-bond donors (Lipinski definition) is 0. The number of halogens is 2. The van der Waals surface area contributed by atoms with Crippen molar-refractivity contribution in [3.8, 4) is 0 Å². The van der Waals surface area contributed by atoms with Gasteiger partial charge in [0.25, 0.3) is 11.8 Å². The molecule has 0 N–H and O–H groups in total. The minimum absolute atomic E-state index is 0.136. The predicted octanol–water partition coefficient (Wildman–Crippen LogP) is 3.32. The normalized spacial score (nSPS) is 12.8. The molecular weight excluding hydrogens is 419 g/mol. The number of rotatable bonds is 5. The Labute approximate surface area is 176 Å². The lowest BCUT2D eigenvalue weighted by Crippen LogP contribution is -2.41. The fraction of sp³-hybridized carbons (Fsp3) is 0.200. The summed E-state index contributed by atoms with van der Waals surface area (Å²) in [6.45, 7) is 0.658. The number of anilines is 1. The number of nitrogens with zero attached hydrogens (tertiary/aromatic N) is 2. The van der Waals surface area contributed by atoms with Crippen molar-refractivity contribution in [2.24, 2.45) is 0 Å². The van der Waals surface area contributed by atoms with Crippen LogP contribution >= 0.6 is 23.2 Å². The highest BCUT2D eigenvalue weighted by atomic mass is 35.5. The summed E-state index contributed by atoms with van der Waals surface area (Å²) in [4.78, 5) is 50.9. The molecule has 0 unspecified atom stereocenters. The van der Waals surface area contributed by atoms with Crippen LogP contribution in [0.5, 0.6) is 0 Å². The van der Waals surface area contributed by atoms with Gasteiger partial charge in [0.15, 0.2) is 0 Å². The first-order valence-electron chi connectivity index (χ1n) is 8.54. The molecule has 0 aromatic heterocycles. The largest absolute Gasteiger partial charge is 0.461 e. The van der Waals surface area contributed by atoms with Gasteiger partial charge in [-0.25, -0.2) is 0 Å². The van der Waals surface area contributed by atoms with Gasteiger partial charge in [-0.15, -0.1) is 0 Å². The fourth-order valence-electron chi connectivity index (χ4n) is 2.91. The third-order valence-corrected chi connectivity index (χ3v) is 5.27. The van der Waals surface area contributed by atoms with Gasteiger partial charge in [0.2, 0.25) is 5.91 Å². The van der Waals surface area contributed by atoms with Gasteiger partial charge in [0.1, 0.15) is 13.2 Å². The molecule has 3 amide bonds. The number of ether oxygens (including phenoxy) is 1. The van der Waals surface area contributed by atoms with Crippen LogP contribution in [0.3, 0.4) is 0 Å². The van der Waals surface area contributed by atoms with Gasteiger partial charge in [-0.05, 0) is 24.3 Å². The molecule has 7 nitrogen and oxygen atoms in total. The number of hydrogen-bond acceptors (Lipinski definition) is 5. The van der Waals surface area contributed by atoms with Crippen LogP contribution in [-0.2, 0) is 20.9 Å². The molecular formula is C20H16Cl2N2O5. The standard InChI is InChI=1S/C20H16Cl2N2O5/c1-11(25)29-10-14-15(21)7-8-16(18(14)22)23(2)17(26)9-24-19(27)12-5-3-4-6-13(12)20(24)28/h3-8H,9-10H2,1-2H3. The van der Waals surface area contributed by atoms with Crippen molar-refractivity contribution >= 4 is 52.6 Å². The highest BCUT2D eigenvalue weighted by Crippen LogP contribution is 2.34. The quantitative estimate of drug-likeness (QED) is 0.532. The molecule has 0 fully saturated rings. The third-order valence-electron chi connectivity index (χ3n) is 4.49. The highest BCUT2D eigenvalue weighted by molar-refractivity contribution is 6.38. The number of fused-ring (bicyclic) bond motifs is 1. The predicted molar refractivity (Wildman–Crippen MR) is 107 cm³/mol. The average Bonchev–Trinajstić information content (AvgIpc) is 2.92. The number of benzene rings is 2. The second-order valence-corrected chi connectivity index (χ2v) is 7.12. The zero-order valence-corrected chi connectivity index (χ0v) is 17.1. The number of imide groups is 1. The summed E-state index contributed by atoms with van der Waals surface area (Å²) < 4.78 is 4.95. The lowest BCUT2D eigenvalue weighted by atomic mass is 10.1. The molecule has 9 heteroatoms. The van der Waals surface area contributed by atoms with Crippen LogP contribution in [0.15, 0.2) is 36.4 Å². The van der Waals surface area contributed by atoms with Crippen LogP contribution < -0.4 is 4.90 Å². The SMILES string of the molecule is CC(=O)OCc1c(Cl)ccc(N(C)C(=O)CN2C(=O)c3ccccc3C2=O)c1Cl. The van der Waals surface area contributed by atoms with E-state index >= 15 is 0 Å². The zero-order chi connectivity index (χ0) is 21.3. The second-order valence-electron chi connectivity index (χ2n) is 6.33. The first kappa shape index (κ1) is 20.8. The van der Waals surface area contributed by atoms with Gasteiger partial charge in [-0.1, -0.05) is 35.3 Å². The van der Waals surface area contributed by atoms with Crippen LogP contribution in [0.2, 0.25) is 10.0 Å². The van der Waals surface area contributed by atoms with E-state index in [4.69, 9.17) is 27.9 Å². The van der Waals surface area contributed by atoms with Gasteiger partial charge < -0.3 is 9.64 Å². The molecule has 0 bridgehead atoms. The Balaban J connectivity index is 1.81. The Kier molecular flexibility index (Phi) is 5.91. The van der Waals surface area contributed by atoms with Gasteiger partial charge in [0.05, 0.1) is 21.8 Å². The van der Waals surface area contributed by atoms with Crippen LogP contribution in [0, 0.1) is 0 Å². The highest BCUT2D eigenvalue weighted by Gasteiger charge is 2.37. The lowest BCUT2D eigenvalue weighted by molar-refractivity contribution is -0.142. The monoisotopic (exact) mass is 434 g/mol. The summed E-state index contributed by atoms with van der Waals surface area (Å²) in [6, 6.07) is 9.44. The van der Waals surface area contributed by atoms with Crippen molar-refractivity contribution in [3.05, 3.63) is 63.1 Å². The number of amides is 3. The number of likely N-dealkylation sites (N-methyl/N-ethyl adjacent to an activating group) is 1. The van der Waals surface area contributed by atoms with Crippen molar-refractivity contribution in [3.63, 3.8) is 0 Å². The first-order chi connectivity index (χ1) is 13.7. The average molecular weight is 435 g/mol. The van der Waals surface area contributed by atoms with Crippen LogP contribution in [0.1, 0.15) is 33.2 Å². The van der Waals surface area contributed by atoms with E-state index in [9.17, 15) is 19.2 Å². The summed E-state index contributed by atoms with van der Waals surface area (Å²) >= 11 is 12.5. The maximum atomic E-state index is 12.8. The molecule has 0 radical (unpaired) electrons. The maximum Gasteiger partial charge on any atom is 0.302 e. The Morgan fingerprint density at radius 2 is 1.62 bits per heavy atom. The van der Waals surface area contributed by atoms with Gasteiger partial charge >= 0.3 is 5.97 Å². The molecule has 1 aliphatic heterocycles. The minimum atomic E-state index is -0.526. The molecule has 29 heavy (non-hydrogen) atoms. The molecule has 0 atom stereocenters. The molecule has 0 saturated carbocycles. The molecule has 2 aromatic carbocycles. The summed E-state index contributed by atoms with van der Waals surface area (Å²) in [5, 5.41) is 0.415. The Morgan fingerprint density at radius 3 is 2.17 bits per heavy atom. The van der Waals surface area contributed by atoms with E-state index in [-0.39, 0.29) is 27.8 Å². The molecule has 1 heterocycles. The van der Waals surface area contributed by atoms with Crippen molar-refractivity contribution in [1.82, 2.24) is 4.90 Å². The molecule has 1 aliphatic rings. The number of carbonyl (C=O) groups excluding carboxylic acids is 4. The fourth-order valence-corrected chi connectivity index (χ4v) is 3.52. The zero-order valence-electron chi connectivity index (χ0n) is 15.6. The van der Waals surface area contributed by atoms with Gasteiger partial charge in [0, 0.05) is 24.6 Å². The molecule has 0 spiro atoms. The van der Waals surface area contributed by atoms with E-state index in [1.807, 2.05) is 0 Å². The van der Waals surface area contributed by atoms with E-state index < -0.39 is 30.2 Å². The van der Waals surface area contributed by atoms with Crippen molar-refractivity contribution in [1.29, 1.82) is 0 Å². The summed E-state index contributed by atoms with van der Waals surface area (Å²) in [7, 11) is 1.46. The van der Waals surface area contributed by atoms with Gasteiger partial charge in [-0.3, -0.25) is 24.1 Å². The van der Waals surface area contributed by atoms with Crippen LogP contribution in [0.4, 0.5) is 5.69 Å². The number of esters is 1. The topological polar surface area (TPSA) is 84.0 Å². The van der Waals surface area contributed by atoms with E-state index in [2.05, 4.69) is 0 Å². The lowest BCUT2D eigenvalue weighted by Gasteiger charge is -2.23. The van der Waals surface area contributed by atoms with Crippen molar-refractivity contribution < 1.29 is 23.9 Å². The summed E-state index contributed by atoms with van der Waals surface area (Å²) in [5.74, 6) is -2.07. The second kappa shape index (κ2) is 8.23. The Bertz CT molecular complexity index is 1000. The maximum absolute atomic E-state index is 12.8. The van der Waals surface area contributed by atoms with E-state index in [0.717, 1.165) is 4.90 Å². The van der Waals surface area contributed by atoms with E-state index in [0.29, 0.717) is 11.3 Å². The third kappa shape index (κ3) is 3.97. The Morgan fingerprint density at radius 1 is 1.03 bits per heavy atom. The minimum Gasteiger partial charge on any atom is -0.461 e. The Hall–Kier alpha value is -2.90. The number of carbonyl (C=O) groups is 4. The van der Waals surface area contributed by atoms with Crippen LogP contribution in [0.25, 0.3) is 0 Å². The molecule has 0 aliphatic carbocycles. The molecule has 0 saturated heterocycles.